The number of hydrogen-bond acceptors (Lipinski definition) is 2. The van der Waals surface area contributed by atoms with Crippen LogP contribution in [0.15, 0.2) is 41.0 Å². The van der Waals surface area contributed by atoms with Gasteiger partial charge in [0.05, 0.1) is 0 Å². The van der Waals surface area contributed by atoms with Crippen molar-refractivity contribution in [2.24, 2.45) is 0 Å². The zero-order valence-electron chi connectivity index (χ0n) is 10.4. The molecule has 0 aliphatic carbocycles. The molecule has 0 aliphatic rings. The first-order chi connectivity index (χ1) is 8.59. The molecule has 0 amide bonds. The lowest BCUT2D eigenvalue weighted by atomic mass is 9.97. The van der Waals surface area contributed by atoms with Crippen LogP contribution in [0.3, 0.4) is 0 Å². The third-order valence-electron chi connectivity index (χ3n) is 3.00. The normalized spacial score (nSPS) is 10.4. The Labute approximate surface area is 115 Å². The summed E-state index contributed by atoms with van der Waals surface area (Å²) < 4.78 is 0.751. The van der Waals surface area contributed by atoms with Crippen LogP contribution in [0.1, 0.15) is 27.2 Å². The summed E-state index contributed by atoms with van der Waals surface area (Å²) in [5, 5.41) is 0. The first-order valence-electron chi connectivity index (χ1n) is 5.78. The minimum absolute atomic E-state index is 0.0416. The molecule has 3 heteroatoms. The molecule has 0 saturated carbocycles. The van der Waals surface area contributed by atoms with Gasteiger partial charge in [0.25, 0.3) is 0 Å². The molecule has 2 rings (SSSR count). The summed E-state index contributed by atoms with van der Waals surface area (Å²) in [6.07, 6.45) is 2.04. The average molecular weight is 304 g/mol. The van der Waals surface area contributed by atoms with E-state index in [-0.39, 0.29) is 5.78 Å². The molecule has 0 saturated heterocycles. The molecule has 0 fully saturated rings. The Bertz CT molecular complexity index is 573. The molecule has 0 unspecified atom stereocenters. The number of aryl methyl sites for hydroxylation is 2. The van der Waals surface area contributed by atoms with E-state index >= 15 is 0 Å². The Morgan fingerprint density at radius 3 is 2.44 bits per heavy atom. The van der Waals surface area contributed by atoms with Crippen molar-refractivity contribution in [2.45, 2.75) is 20.3 Å². The lowest BCUT2D eigenvalue weighted by molar-refractivity contribution is 0.0987. The Kier molecular flexibility index (Phi) is 3.92. The SMILES string of the molecule is Cc1cccc(C)c1CC(=O)c1ncccc1Br. The average Bonchev–Trinajstić information content (AvgIpc) is 2.34. The highest BCUT2D eigenvalue weighted by molar-refractivity contribution is 9.10. The molecule has 0 radical (unpaired) electrons. The predicted octanol–water partition coefficient (Wildman–Crippen LogP) is 3.89. The van der Waals surface area contributed by atoms with Crippen molar-refractivity contribution >= 4 is 21.7 Å². The van der Waals surface area contributed by atoms with Gasteiger partial charge >= 0.3 is 0 Å². The van der Waals surface area contributed by atoms with Gasteiger partial charge in [-0.3, -0.25) is 9.78 Å². The molecule has 1 aromatic carbocycles. The molecule has 18 heavy (non-hydrogen) atoms. The van der Waals surface area contributed by atoms with Crippen LogP contribution in [-0.2, 0) is 6.42 Å². The fourth-order valence-corrected chi connectivity index (χ4v) is 2.44. The fourth-order valence-electron chi connectivity index (χ4n) is 1.96. The molecule has 1 heterocycles. The number of halogens is 1. The predicted molar refractivity (Wildman–Crippen MR) is 75.9 cm³/mol. The van der Waals surface area contributed by atoms with Crippen LogP contribution in [0.5, 0.6) is 0 Å². The number of pyridine rings is 1. The Hall–Kier alpha value is -1.48. The van der Waals surface area contributed by atoms with Gasteiger partial charge in [-0.25, -0.2) is 0 Å². The van der Waals surface area contributed by atoms with Crippen LogP contribution < -0.4 is 0 Å². The molecule has 0 aliphatic heterocycles. The number of carbonyl (C=O) groups is 1. The molecule has 2 nitrogen and oxygen atoms in total. The Morgan fingerprint density at radius 1 is 1.17 bits per heavy atom. The summed E-state index contributed by atoms with van der Waals surface area (Å²) in [7, 11) is 0. The summed E-state index contributed by atoms with van der Waals surface area (Å²) in [4.78, 5) is 16.4. The van der Waals surface area contributed by atoms with Crippen LogP contribution in [0, 0.1) is 13.8 Å². The zero-order valence-corrected chi connectivity index (χ0v) is 12.0. The van der Waals surface area contributed by atoms with Crippen molar-refractivity contribution < 1.29 is 4.79 Å². The lowest BCUT2D eigenvalue weighted by Crippen LogP contribution is -2.09. The van der Waals surface area contributed by atoms with E-state index in [1.807, 2.05) is 38.1 Å². The third kappa shape index (κ3) is 2.67. The minimum Gasteiger partial charge on any atom is -0.292 e. The molecular formula is C15H14BrNO. The van der Waals surface area contributed by atoms with E-state index in [2.05, 4.69) is 20.9 Å². The van der Waals surface area contributed by atoms with Gasteiger partial charge in [0.1, 0.15) is 5.69 Å². The summed E-state index contributed by atoms with van der Waals surface area (Å²) in [6, 6.07) is 9.71. The Morgan fingerprint density at radius 2 is 1.83 bits per heavy atom. The van der Waals surface area contributed by atoms with Gasteiger partial charge in [-0.05, 0) is 58.6 Å². The molecule has 0 bridgehead atoms. The van der Waals surface area contributed by atoms with Crippen molar-refractivity contribution in [1.29, 1.82) is 0 Å². The zero-order chi connectivity index (χ0) is 13.1. The molecule has 1 aromatic heterocycles. The van der Waals surface area contributed by atoms with E-state index in [0.29, 0.717) is 12.1 Å². The van der Waals surface area contributed by atoms with Crippen molar-refractivity contribution in [3.63, 3.8) is 0 Å². The van der Waals surface area contributed by atoms with Crippen molar-refractivity contribution in [3.05, 3.63) is 63.4 Å². The van der Waals surface area contributed by atoms with Crippen molar-refractivity contribution in [1.82, 2.24) is 4.98 Å². The maximum atomic E-state index is 12.2. The van der Waals surface area contributed by atoms with Gasteiger partial charge in [-0.2, -0.15) is 0 Å². The van der Waals surface area contributed by atoms with Crippen LogP contribution in [0.4, 0.5) is 0 Å². The largest absolute Gasteiger partial charge is 0.292 e. The summed E-state index contributed by atoms with van der Waals surface area (Å²) in [6.45, 7) is 4.06. The number of nitrogens with zero attached hydrogens (tertiary/aromatic N) is 1. The van der Waals surface area contributed by atoms with Gasteiger partial charge in [-0.1, -0.05) is 18.2 Å². The maximum Gasteiger partial charge on any atom is 0.186 e. The van der Waals surface area contributed by atoms with E-state index in [1.165, 1.54) is 0 Å². The van der Waals surface area contributed by atoms with Gasteiger partial charge in [-0.15, -0.1) is 0 Å². The second kappa shape index (κ2) is 5.44. The first-order valence-corrected chi connectivity index (χ1v) is 6.57. The van der Waals surface area contributed by atoms with Crippen LogP contribution in [0.2, 0.25) is 0 Å². The quantitative estimate of drug-likeness (QED) is 0.805. The second-order valence-electron chi connectivity index (χ2n) is 4.30. The number of rotatable bonds is 3. The summed E-state index contributed by atoms with van der Waals surface area (Å²) in [5.41, 5.74) is 3.89. The minimum atomic E-state index is 0.0416. The highest BCUT2D eigenvalue weighted by Gasteiger charge is 2.14. The molecule has 2 aromatic rings. The topological polar surface area (TPSA) is 30.0 Å². The van der Waals surface area contributed by atoms with E-state index in [1.54, 1.807) is 12.3 Å². The number of Topliss-reactive ketones (excluding diaryl/α,β-unsaturated/α-hetero) is 1. The maximum absolute atomic E-state index is 12.2. The molecule has 0 N–H and O–H groups in total. The van der Waals surface area contributed by atoms with Crippen LogP contribution >= 0.6 is 15.9 Å². The highest BCUT2D eigenvalue weighted by Crippen LogP contribution is 2.19. The van der Waals surface area contributed by atoms with E-state index in [0.717, 1.165) is 21.2 Å². The first kappa shape index (κ1) is 13.0. The van der Waals surface area contributed by atoms with Crippen LogP contribution in [-0.4, -0.2) is 10.8 Å². The summed E-state index contributed by atoms with van der Waals surface area (Å²) in [5.74, 6) is 0.0416. The molecular weight excluding hydrogens is 290 g/mol. The standard InChI is InChI=1S/C15H14BrNO/c1-10-5-3-6-11(2)12(10)9-14(18)15-13(16)7-4-8-17-15/h3-8H,9H2,1-2H3. The van der Waals surface area contributed by atoms with Gasteiger partial charge in [0, 0.05) is 17.1 Å². The molecule has 0 atom stereocenters. The number of hydrogen-bond donors (Lipinski definition) is 0. The van der Waals surface area contributed by atoms with E-state index in [9.17, 15) is 4.79 Å². The second-order valence-corrected chi connectivity index (χ2v) is 5.16. The third-order valence-corrected chi connectivity index (χ3v) is 3.64. The van der Waals surface area contributed by atoms with Gasteiger partial charge in [0.15, 0.2) is 5.78 Å². The smallest absolute Gasteiger partial charge is 0.186 e. The fraction of sp³-hybridized carbons (Fsp3) is 0.200. The number of ketones is 1. The molecule has 0 spiro atoms. The number of carbonyl (C=O) groups excluding carboxylic acids is 1. The van der Waals surface area contributed by atoms with Gasteiger partial charge in [0.2, 0.25) is 0 Å². The van der Waals surface area contributed by atoms with Gasteiger partial charge < -0.3 is 0 Å². The van der Waals surface area contributed by atoms with Crippen molar-refractivity contribution in [2.75, 3.05) is 0 Å². The Balaban J connectivity index is 2.30. The molecule has 92 valence electrons. The lowest BCUT2D eigenvalue weighted by Gasteiger charge is -2.09. The highest BCUT2D eigenvalue weighted by atomic mass is 79.9. The van der Waals surface area contributed by atoms with Crippen molar-refractivity contribution in [3.8, 4) is 0 Å². The number of benzene rings is 1. The summed E-state index contributed by atoms with van der Waals surface area (Å²) >= 11 is 3.36. The number of aromatic nitrogens is 1. The van der Waals surface area contributed by atoms with E-state index < -0.39 is 0 Å². The van der Waals surface area contributed by atoms with E-state index in [4.69, 9.17) is 0 Å². The van der Waals surface area contributed by atoms with Crippen LogP contribution in [0.25, 0.3) is 0 Å². The monoisotopic (exact) mass is 303 g/mol.